The summed E-state index contributed by atoms with van der Waals surface area (Å²) in [4.78, 5) is 19.1. The van der Waals surface area contributed by atoms with E-state index in [4.69, 9.17) is 4.84 Å². The minimum absolute atomic E-state index is 0.328. The average Bonchev–Trinajstić information content (AvgIpc) is 2.60. The summed E-state index contributed by atoms with van der Waals surface area (Å²) in [5.41, 5.74) is 5.81. The number of amides is 2. The van der Waals surface area contributed by atoms with Crippen LogP contribution in [0.1, 0.15) is 18.1 Å². The first kappa shape index (κ1) is 17.8. The lowest BCUT2D eigenvalue weighted by molar-refractivity contribution is 0.0492. The van der Waals surface area contributed by atoms with Gasteiger partial charge in [-0.15, -0.1) is 0 Å². The molecule has 2 rings (SSSR count). The molecule has 0 aliphatic heterocycles. The van der Waals surface area contributed by atoms with E-state index in [0.717, 1.165) is 18.7 Å². The third kappa shape index (κ3) is 5.93. The van der Waals surface area contributed by atoms with Gasteiger partial charge in [0, 0.05) is 25.3 Å². The van der Waals surface area contributed by atoms with Gasteiger partial charge >= 0.3 is 6.03 Å². The van der Waals surface area contributed by atoms with Crippen molar-refractivity contribution in [3.63, 3.8) is 0 Å². The number of aryl methyl sites for hydroxylation is 1. The number of nitrogens with one attached hydrogen (secondary N) is 2. The van der Waals surface area contributed by atoms with Crippen molar-refractivity contribution in [2.45, 2.75) is 20.5 Å². The maximum atomic E-state index is 11.7. The van der Waals surface area contributed by atoms with Gasteiger partial charge in [0.05, 0.1) is 6.61 Å². The molecule has 0 saturated carbocycles. The molecule has 0 heterocycles. The van der Waals surface area contributed by atoms with Gasteiger partial charge in [-0.1, -0.05) is 42.5 Å². The van der Waals surface area contributed by atoms with Crippen molar-refractivity contribution in [3.8, 4) is 0 Å². The number of hydrogen-bond donors (Lipinski definition) is 2. The Hall–Kier alpha value is -2.53. The zero-order valence-corrected chi connectivity index (χ0v) is 14.3. The number of hydroxylamine groups is 1. The van der Waals surface area contributed by atoms with Gasteiger partial charge in [0.1, 0.15) is 0 Å². The molecule has 0 radical (unpaired) electrons. The summed E-state index contributed by atoms with van der Waals surface area (Å²) >= 11 is 0. The molecule has 5 nitrogen and oxygen atoms in total. The van der Waals surface area contributed by atoms with Crippen molar-refractivity contribution in [2.75, 3.05) is 24.5 Å². The van der Waals surface area contributed by atoms with Gasteiger partial charge in [0.25, 0.3) is 0 Å². The molecule has 128 valence electrons. The molecule has 0 fully saturated rings. The lowest BCUT2D eigenvalue weighted by Gasteiger charge is -2.23. The number of nitrogens with zero attached hydrogens (tertiary/aromatic N) is 1. The predicted octanol–water partition coefficient (Wildman–Crippen LogP) is 3.25. The van der Waals surface area contributed by atoms with E-state index in [9.17, 15) is 4.79 Å². The summed E-state index contributed by atoms with van der Waals surface area (Å²) in [5.74, 6) is 0. The lowest BCUT2D eigenvalue weighted by atomic mass is 10.2. The fraction of sp³-hybridized carbons (Fsp3) is 0.316. The minimum atomic E-state index is -0.328. The molecule has 24 heavy (non-hydrogen) atoms. The first-order chi connectivity index (χ1) is 11.7. The number of anilines is 1. The van der Waals surface area contributed by atoms with E-state index in [1.807, 2.05) is 36.4 Å². The van der Waals surface area contributed by atoms with Gasteiger partial charge in [-0.3, -0.25) is 4.84 Å². The summed E-state index contributed by atoms with van der Waals surface area (Å²) in [6.45, 7) is 6.70. The summed E-state index contributed by atoms with van der Waals surface area (Å²) in [6, 6.07) is 17.7. The van der Waals surface area contributed by atoms with E-state index in [-0.39, 0.29) is 6.03 Å². The van der Waals surface area contributed by atoms with Gasteiger partial charge in [0.15, 0.2) is 0 Å². The monoisotopic (exact) mass is 327 g/mol. The van der Waals surface area contributed by atoms with E-state index < -0.39 is 0 Å². The van der Waals surface area contributed by atoms with Crippen molar-refractivity contribution < 1.29 is 9.63 Å². The van der Waals surface area contributed by atoms with Crippen LogP contribution in [-0.4, -0.2) is 25.7 Å². The fourth-order valence-corrected chi connectivity index (χ4v) is 2.39. The second-order valence-corrected chi connectivity index (χ2v) is 5.55. The molecule has 5 heteroatoms. The first-order valence-electron chi connectivity index (χ1n) is 8.20. The van der Waals surface area contributed by atoms with Crippen LogP contribution in [-0.2, 0) is 11.4 Å². The largest absolute Gasteiger partial charge is 0.370 e. The minimum Gasteiger partial charge on any atom is -0.370 e. The molecule has 0 unspecified atom stereocenters. The number of urea groups is 1. The SMILES string of the molecule is CCN(CCNC(=O)NOCc1ccccc1)c1cccc(C)c1. The third-order valence-electron chi connectivity index (χ3n) is 3.66. The average molecular weight is 327 g/mol. The molecular formula is C19H25N3O2. The van der Waals surface area contributed by atoms with E-state index in [1.165, 1.54) is 11.3 Å². The van der Waals surface area contributed by atoms with Crippen LogP contribution < -0.4 is 15.7 Å². The molecule has 0 saturated heterocycles. The van der Waals surface area contributed by atoms with Gasteiger partial charge in [0.2, 0.25) is 0 Å². The Morgan fingerprint density at radius 2 is 1.92 bits per heavy atom. The number of likely N-dealkylation sites (N-methyl/N-ethyl adjacent to an activating group) is 1. The first-order valence-corrected chi connectivity index (χ1v) is 8.20. The maximum Gasteiger partial charge on any atom is 0.338 e. The fourth-order valence-electron chi connectivity index (χ4n) is 2.39. The normalized spacial score (nSPS) is 10.2. The van der Waals surface area contributed by atoms with Gasteiger partial charge in [-0.2, -0.15) is 0 Å². The second-order valence-electron chi connectivity index (χ2n) is 5.55. The Morgan fingerprint density at radius 3 is 2.62 bits per heavy atom. The summed E-state index contributed by atoms with van der Waals surface area (Å²) in [6.07, 6.45) is 0. The van der Waals surface area contributed by atoms with Crippen LogP contribution in [0.2, 0.25) is 0 Å². The molecule has 0 spiro atoms. The molecule has 0 aromatic heterocycles. The quantitative estimate of drug-likeness (QED) is 0.732. The highest BCUT2D eigenvalue weighted by Gasteiger charge is 2.05. The van der Waals surface area contributed by atoms with E-state index in [1.54, 1.807) is 0 Å². The van der Waals surface area contributed by atoms with Crippen LogP contribution in [0.25, 0.3) is 0 Å². The standard InChI is InChI=1S/C19H25N3O2/c1-3-22(18-11-7-8-16(2)14-18)13-12-20-19(23)21-24-15-17-9-5-4-6-10-17/h4-11,14H,3,12-13,15H2,1-2H3,(H2,20,21,23). The number of carbonyl (C=O) groups excluding carboxylic acids is 1. The van der Waals surface area contributed by atoms with Crippen LogP contribution >= 0.6 is 0 Å². The smallest absolute Gasteiger partial charge is 0.338 e. The van der Waals surface area contributed by atoms with E-state index in [0.29, 0.717) is 13.2 Å². The number of rotatable bonds is 8. The molecular weight excluding hydrogens is 302 g/mol. The highest BCUT2D eigenvalue weighted by molar-refractivity contribution is 5.72. The van der Waals surface area contributed by atoms with Crippen LogP contribution in [0.4, 0.5) is 10.5 Å². The van der Waals surface area contributed by atoms with Crippen molar-refractivity contribution in [3.05, 3.63) is 65.7 Å². The van der Waals surface area contributed by atoms with E-state index in [2.05, 4.69) is 47.7 Å². The second kappa shape index (κ2) is 9.57. The molecule has 2 aromatic rings. The Kier molecular flexibility index (Phi) is 7.11. The van der Waals surface area contributed by atoms with Gasteiger partial charge in [-0.05, 0) is 37.1 Å². The van der Waals surface area contributed by atoms with Crippen molar-refractivity contribution in [1.29, 1.82) is 0 Å². The van der Waals surface area contributed by atoms with Crippen molar-refractivity contribution in [2.24, 2.45) is 0 Å². The number of hydrogen-bond acceptors (Lipinski definition) is 3. The highest BCUT2D eigenvalue weighted by atomic mass is 16.7. The molecule has 2 aromatic carbocycles. The topological polar surface area (TPSA) is 53.6 Å². The summed E-state index contributed by atoms with van der Waals surface area (Å²) in [7, 11) is 0. The molecule has 0 atom stereocenters. The highest BCUT2D eigenvalue weighted by Crippen LogP contribution is 2.14. The molecule has 2 amide bonds. The third-order valence-corrected chi connectivity index (χ3v) is 3.66. The van der Waals surface area contributed by atoms with Crippen LogP contribution in [0.15, 0.2) is 54.6 Å². The Bertz CT molecular complexity index is 632. The van der Waals surface area contributed by atoms with Crippen molar-refractivity contribution in [1.82, 2.24) is 10.8 Å². The van der Waals surface area contributed by atoms with E-state index >= 15 is 0 Å². The summed E-state index contributed by atoms with van der Waals surface area (Å²) in [5, 5.41) is 2.80. The molecule has 0 aliphatic carbocycles. The predicted molar refractivity (Wildman–Crippen MR) is 96.8 cm³/mol. The molecule has 2 N–H and O–H groups in total. The lowest BCUT2D eigenvalue weighted by Crippen LogP contribution is -2.40. The Labute approximate surface area is 143 Å². The Morgan fingerprint density at radius 1 is 1.12 bits per heavy atom. The molecule has 0 aliphatic rings. The number of carbonyl (C=O) groups is 1. The summed E-state index contributed by atoms with van der Waals surface area (Å²) < 4.78 is 0. The number of benzene rings is 2. The van der Waals surface area contributed by atoms with Crippen LogP contribution in [0.3, 0.4) is 0 Å². The van der Waals surface area contributed by atoms with Crippen molar-refractivity contribution >= 4 is 11.7 Å². The maximum absolute atomic E-state index is 11.7. The molecule has 0 bridgehead atoms. The van der Waals surface area contributed by atoms with Gasteiger partial charge < -0.3 is 10.2 Å². The van der Waals surface area contributed by atoms with Crippen LogP contribution in [0.5, 0.6) is 0 Å². The van der Waals surface area contributed by atoms with Gasteiger partial charge in [-0.25, -0.2) is 10.3 Å². The zero-order valence-electron chi connectivity index (χ0n) is 14.3. The Balaban J connectivity index is 1.67. The van der Waals surface area contributed by atoms with Crippen LogP contribution in [0, 0.1) is 6.92 Å². The zero-order chi connectivity index (χ0) is 17.2.